The molecule has 2 heterocycles. The first kappa shape index (κ1) is 16.0. The lowest BCUT2D eigenvalue weighted by Crippen LogP contribution is -2.20. The first-order chi connectivity index (χ1) is 9.82. The molecule has 3 N–H and O–H groups in total. The summed E-state index contributed by atoms with van der Waals surface area (Å²) in [6.07, 6.45) is 1.71. The first-order valence-corrected chi connectivity index (χ1v) is 7.66. The van der Waals surface area contributed by atoms with E-state index in [1.54, 1.807) is 18.3 Å². The Balaban J connectivity index is 2.50. The molecule has 21 heavy (non-hydrogen) atoms. The standard InChI is InChI=1S/C14H18ClN5S/c1-8-10(20-16)18-13(14(2,3)4)19-11(8)21-12-9(15)6-5-7-17-12/h5-7H,16H2,1-4H3,(H,18,19,20). The number of aromatic nitrogens is 3. The molecule has 0 radical (unpaired) electrons. The van der Waals surface area contributed by atoms with Gasteiger partial charge in [0.1, 0.15) is 21.7 Å². The molecule has 0 saturated carbocycles. The van der Waals surface area contributed by atoms with E-state index in [1.807, 2.05) is 6.92 Å². The minimum Gasteiger partial charge on any atom is -0.308 e. The minimum absolute atomic E-state index is 0.178. The van der Waals surface area contributed by atoms with Crippen LogP contribution in [0.4, 0.5) is 5.82 Å². The topological polar surface area (TPSA) is 76.7 Å². The van der Waals surface area contributed by atoms with Crippen molar-refractivity contribution in [1.29, 1.82) is 0 Å². The van der Waals surface area contributed by atoms with Crippen molar-refractivity contribution in [2.24, 2.45) is 5.84 Å². The highest BCUT2D eigenvalue weighted by Gasteiger charge is 2.22. The molecule has 5 nitrogen and oxygen atoms in total. The summed E-state index contributed by atoms with van der Waals surface area (Å²) >= 11 is 7.57. The summed E-state index contributed by atoms with van der Waals surface area (Å²) in [5.41, 5.74) is 3.33. The highest BCUT2D eigenvalue weighted by Crippen LogP contribution is 2.35. The van der Waals surface area contributed by atoms with E-state index in [1.165, 1.54) is 11.8 Å². The molecule has 0 unspecified atom stereocenters. The first-order valence-electron chi connectivity index (χ1n) is 6.47. The van der Waals surface area contributed by atoms with Crippen LogP contribution in [-0.4, -0.2) is 15.0 Å². The average molecular weight is 324 g/mol. The van der Waals surface area contributed by atoms with Crippen molar-refractivity contribution in [3.63, 3.8) is 0 Å². The normalized spacial score (nSPS) is 11.5. The summed E-state index contributed by atoms with van der Waals surface area (Å²) in [6.45, 7) is 8.08. The lowest BCUT2D eigenvalue weighted by molar-refractivity contribution is 0.538. The molecule has 2 rings (SSSR count). The molecule has 0 aromatic carbocycles. The second kappa shape index (κ2) is 6.17. The maximum atomic E-state index is 6.16. The third kappa shape index (κ3) is 3.64. The van der Waals surface area contributed by atoms with Crippen molar-refractivity contribution in [2.75, 3.05) is 5.43 Å². The lowest BCUT2D eigenvalue weighted by Gasteiger charge is -2.20. The van der Waals surface area contributed by atoms with E-state index in [9.17, 15) is 0 Å². The predicted octanol–water partition coefficient (Wildman–Crippen LogP) is 3.57. The van der Waals surface area contributed by atoms with Crippen LogP contribution >= 0.6 is 23.4 Å². The van der Waals surface area contributed by atoms with Gasteiger partial charge in [0, 0.05) is 17.2 Å². The molecule has 2 aromatic heterocycles. The number of nitrogens with zero attached hydrogens (tertiary/aromatic N) is 3. The largest absolute Gasteiger partial charge is 0.308 e. The molecule has 0 atom stereocenters. The highest BCUT2D eigenvalue weighted by atomic mass is 35.5. The number of hydrogen-bond acceptors (Lipinski definition) is 6. The average Bonchev–Trinajstić information content (AvgIpc) is 2.42. The summed E-state index contributed by atoms with van der Waals surface area (Å²) in [7, 11) is 0. The van der Waals surface area contributed by atoms with Crippen molar-refractivity contribution < 1.29 is 0 Å². The van der Waals surface area contributed by atoms with E-state index in [0.29, 0.717) is 15.9 Å². The van der Waals surface area contributed by atoms with Crippen LogP contribution in [0.2, 0.25) is 5.02 Å². The molecule has 0 aliphatic rings. The van der Waals surface area contributed by atoms with Crippen LogP contribution in [0.5, 0.6) is 0 Å². The van der Waals surface area contributed by atoms with Gasteiger partial charge in [-0.1, -0.05) is 32.4 Å². The molecule has 0 saturated heterocycles. The third-order valence-corrected chi connectivity index (χ3v) is 4.35. The van der Waals surface area contributed by atoms with Crippen LogP contribution in [-0.2, 0) is 5.41 Å². The van der Waals surface area contributed by atoms with Gasteiger partial charge in [-0.05, 0) is 30.8 Å². The molecule has 0 amide bonds. The van der Waals surface area contributed by atoms with E-state index >= 15 is 0 Å². The van der Waals surface area contributed by atoms with Crippen LogP contribution in [0.25, 0.3) is 0 Å². The van der Waals surface area contributed by atoms with Gasteiger partial charge in [-0.15, -0.1) is 0 Å². The number of rotatable bonds is 3. The summed E-state index contributed by atoms with van der Waals surface area (Å²) in [5, 5.41) is 2.10. The van der Waals surface area contributed by atoms with Gasteiger partial charge >= 0.3 is 0 Å². The number of nitrogens with two attached hydrogens (primary N) is 1. The maximum Gasteiger partial charge on any atom is 0.147 e. The number of anilines is 1. The van der Waals surface area contributed by atoms with Crippen LogP contribution < -0.4 is 11.3 Å². The Hall–Kier alpha value is -1.37. The van der Waals surface area contributed by atoms with E-state index in [-0.39, 0.29) is 5.41 Å². The van der Waals surface area contributed by atoms with Crippen LogP contribution in [0.3, 0.4) is 0 Å². The van der Waals surface area contributed by atoms with Gasteiger partial charge in [0.2, 0.25) is 0 Å². The molecule has 2 aromatic rings. The predicted molar refractivity (Wildman–Crippen MR) is 86.6 cm³/mol. The number of hydrazine groups is 1. The Morgan fingerprint density at radius 2 is 1.95 bits per heavy atom. The third-order valence-electron chi connectivity index (χ3n) is 2.83. The van der Waals surface area contributed by atoms with Gasteiger partial charge in [0.05, 0.1) is 5.02 Å². The summed E-state index contributed by atoms with van der Waals surface area (Å²) < 4.78 is 0. The molecule has 112 valence electrons. The van der Waals surface area contributed by atoms with Gasteiger partial charge in [-0.3, -0.25) is 0 Å². The van der Waals surface area contributed by atoms with Crippen LogP contribution in [0.1, 0.15) is 32.2 Å². The fourth-order valence-corrected chi connectivity index (χ4v) is 2.69. The summed E-state index contributed by atoms with van der Waals surface area (Å²) in [4.78, 5) is 13.4. The second-order valence-corrected chi connectivity index (χ2v) is 7.00. The maximum absolute atomic E-state index is 6.16. The molecular weight excluding hydrogens is 306 g/mol. The van der Waals surface area contributed by atoms with Gasteiger partial charge in [-0.2, -0.15) is 0 Å². The Labute approximate surface area is 133 Å². The van der Waals surface area contributed by atoms with Crippen molar-refractivity contribution in [1.82, 2.24) is 15.0 Å². The Kier molecular flexibility index (Phi) is 4.70. The highest BCUT2D eigenvalue weighted by molar-refractivity contribution is 7.99. The second-order valence-electron chi connectivity index (χ2n) is 5.61. The van der Waals surface area contributed by atoms with E-state index in [0.717, 1.165) is 16.4 Å². The van der Waals surface area contributed by atoms with E-state index < -0.39 is 0 Å². The van der Waals surface area contributed by atoms with Gasteiger partial charge in [-0.25, -0.2) is 20.8 Å². The Morgan fingerprint density at radius 1 is 1.24 bits per heavy atom. The fraction of sp³-hybridized carbons (Fsp3) is 0.357. The molecule has 0 aliphatic heterocycles. The fourth-order valence-electron chi connectivity index (χ4n) is 1.61. The smallest absolute Gasteiger partial charge is 0.147 e. The molecule has 0 spiro atoms. The SMILES string of the molecule is Cc1c(NN)nc(C(C)(C)C)nc1Sc1ncccc1Cl. The Morgan fingerprint density at radius 3 is 2.52 bits per heavy atom. The van der Waals surface area contributed by atoms with Crippen LogP contribution in [0, 0.1) is 6.92 Å². The number of pyridine rings is 1. The zero-order valence-corrected chi connectivity index (χ0v) is 14.0. The zero-order valence-electron chi connectivity index (χ0n) is 12.4. The molecular formula is C14H18ClN5S. The lowest BCUT2D eigenvalue weighted by atomic mass is 9.95. The van der Waals surface area contributed by atoms with Crippen LogP contribution in [0.15, 0.2) is 28.4 Å². The molecule has 0 aliphatic carbocycles. The molecule has 7 heteroatoms. The van der Waals surface area contributed by atoms with Gasteiger partial charge in [0.15, 0.2) is 0 Å². The Bertz CT molecular complexity index is 654. The van der Waals surface area contributed by atoms with Gasteiger partial charge < -0.3 is 5.43 Å². The summed E-state index contributed by atoms with van der Waals surface area (Å²) in [6, 6.07) is 3.60. The number of nitrogens with one attached hydrogen (secondary N) is 1. The van der Waals surface area contributed by atoms with Crippen molar-refractivity contribution in [2.45, 2.75) is 43.2 Å². The van der Waals surface area contributed by atoms with E-state index in [2.05, 4.69) is 41.1 Å². The number of nitrogen functional groups attached to an aromatic ring is 1. The molecule has 0 fully saturated rings. The summed E-state index contributed by atoms with van der Waals surface area (Å²) in [5.74, 6) is 6.90. The zero-order chi connectivity index (χ0) is 15.6. The van der Waals surface area contributed by atoms with Crippen molar-refractivity contribution in [3.8, 4) is 0 Å². The van der Waals surface area contributed by atoms with E-state index in [4.69, 9.17) is 17.4 Å². The monoisotopic (exact) mass is 323 g/mol. The van der Waals surface area contributed by atoms with Crippen molar-refractivity contribution >= 4 is 29.2 Å². The number of hydrogen-bond donors (Lipinski definition) is 2. The minimum atomic E-state index is -0.178. The molecule has 0 bridgehead atoms. The van der Waals surface area contributed by atoms with Crippen molar-refractivity contribution in [3.05, 3.63) is 34.7 Å². The van der Waals surface area contributed by atoms with Gasteiger partial charge in [0.25, 0.3) is 0 Å². The number of halogens is 1. The quantitative estimate of drug-likeness (QED) is 0.511.